The lowest BCUT2D eigenvalue weighted by molar-refractivity contribution is -0.122. The molecule has 3 heterocycles. The van der Waals surface area contributed by atoms with Gasteiger partial charge in [0.25, 0.3) is 0 Å². The number of amides is 1. The number of imidazole rings is 1. The van der Waals surface area contributed by atoms with Gasteiger partial charge in [-0.15, -0.1) is 0 Å². The third-order valence-corrected chi connectivity index (χ3v) is 5.49. The minimum Gasteiger partial charge on any atom is -0.432 e. The highest BCUT2D eigenvalue weighted by Gasteiger charge is 2.39. The standard InChI is InChI=1S/C21H20FN5O2/c1-12-10-16(12)20(28)26-25-17-7-4-14(11-23-17)19-18(13-2-5-15(22)6-3-13)24-21-27(19)8-9-29-21/h2,4-9,11-13,16H,3,10H2,1H3,(H,23,25)(H,26,28). The summed E-state index contributed by atoms with van der Waals surface area (Å²) in [6, 6.07) is 3.70. The lowest BCUT2D eigenvalue weighted by Gasteiger charge is -2.14. The second-order valence-electron chi connectivity index (χ2n) is 7.56. The Bertz CT molecular complexity index is 1130. The molecule has 0 aromatic carbocycles. The van der Waals surface area contributed by atoms with Crippen molar-refractivity contribution < 1.29 is 13.6 Å². The van der Waals surface area contributed by atoms with Gasteiger partial charge in [0, 0.05) is 29.8 Å². The van der Waals surface area contributed by atoms with Crippen molar-refractivity contribution in [1.29, 1.82) is 0 Å². The number of aromatic nitrogens is 3. The second kappa shape index (κ2) is 6.88. The van der Waals surface area contributed by atoms with E-state index < -0.39 is 0 Å². The fourth-order valence-electron chi connectivity index (χ4n) is 3.66. The van der Waals surface area contributed by atoms with Gasteiger partial charge in [-0.2, -0.15) is 4.98 Å². The average molecular weight is 393 g/mol. The summed E-state index contributed by atoms with van der Waals surface area (Å²) in [6.45, 7) is 2.06. The van der Waals surface area contributed by atoms with Crippen molar-refractivity contribution >= 4 is 17.6 Å². The molecule has 29 heavy (non-hydrogen) atoms. The number of oxazole rings is 1. The monoisotopic (exact) mass is 393 g/mol. The van der Waals surface area contributed by atoms with Crippen LogP contribution in [0.2, 0.25) is 0 Å². The van der Waals surface area contributed by atoms with E-state index in [4.69, 9.17) is 4.42 Å². The summed E-state index contributed by atoms with van der Waals surface area (Å²) in [4.78, 5) is 21.0. The van der Waals surface area contributed by atoms with Crippen molar-refractivity contribution in [3.63, 3.8) is 0 Å². The SMILES string of the molecule is CC1CC1C(=O)NNc1ccc(-c2c(C3C=CC(F)=CC3)nc3occn23)cn1. The molecule has 0 spiro atoms. The lowest BCUT2D eigenvalue weighted by atomic mass is 9.94. The van der Waals surface area contributed by atoms with Gasteiger partial charge in [-0.1, -0.05) is 13.0 Å². The number of allylic oxidation sites excluding steroid dienone is 4. The molecule has 2 aliphatic carbocycles. The molecule has 148 valence electrons. The third-order valence-electron chi connectivity index (χ3n) is 5.49. The number of rotatable bonds is 5. The average Bonchev–Trinajstić information content (AvgIpc) is 3.12. The van der Waals surface area contributed by atoms with Crippen LogP contribution in [0.5, 0.6) is 0 Å². The van der Waals surface area contributed by atoms with Crippen LogP contribution in [0.4, 0.5) is 10.2 Å². The number of carbonyl (C=O) groups is 1. The zero-order valence-corrected chi connectivity index (χ0v) is 15.8. The molecule has 0 aliphatic heterocycles. The predicted molar refractivity (Wildman–Crippen MR) is 105 cm³/mol. The van der Waals surface area contributed by atoms with Crippen LogP contribution in [0, 0.1) is 11.8 Å². The van der Waals surface area contributed by atoms with E-state index >= 15 is 0 Å². The Balaban J connectivity index is 1.40. The number of hydrogen-bond acceptors (Lipinski definition) is 5. The van der Waals surface area contributed by atoms with E-state index in [1.807, 2.05) is 16.5 Å². The molecule has 3 unspecified atom stereocenters. The van der Waals surface area contributed by atoms with Gasteiger partial charge in [0.05, 0.1) is 11.4 Å². The zero-order chi connectivity index (χ0) is 20.0. The van der Waals surface area contributed by atoms with Crippen molar-refractivity contribution in [1.82, 2.24) is 19.8 Å². The Hall–Kier alpha value is -3.42. The largest absolute Gasteiger partial charge is 0.432 e. The van der Waals surface area contributed by atoms with E-state index in [2.05, 4.69) is 27.7 Å². The molecule has 1 saturated carbocycles. The maximum atomic E-state index is 13.4. The number of hydrazine groups is 1. The van der Waals surface area contributed by atoms with Crippen LogP contribution >= 0.6 is 0 Å². The zero-order valence-electron chi connectivity index (χ0n) is 15.8. The van der Waals surface area contributed by atoms with Gasteiger partial charge in [0.2, 0.25) is 5.91 Å². The Morgan fingerprint density at radius 1 is 1.38 bits per heavy atom. The summed E-state index contributed by atoms with van der Waals surface area (Å²) in [5.74, 6) is 1.28. The van der Waals surface area contributed by atoms with Crippen molar-refractivity contribution in [2.24, 2.45) is 11.8 Å². The van der Waals surface area contributed by atoms with Crippen LogP contribution in [0.25, 0.3) is 17.1 Å². The number of pyridine rings is 1. The topological polar surface area (TPSA) is 84.5 Å². The van der Waals surface area contributed by atoms with Gasteiger partial charge in [-0.25, -0.2) is 9.37 Å². The van der Waals surface area contributed by atoms with Crippen molar-refractivity contribution in [3.05, 3.63) is 60.5 Å². The molecule has 5 rings (SSSR count). The Kier molecular flexibility index (Phi) is 4.19. The number of nitrogens with zero attached hydrogens (tertiary/aromatic N) is 3. The Morgan fingerprint density at radius 2 is 2.24 bits per heavy atom. The molecule has 7 nitrogen and oxygen atoms in total. The lowest BCUT2D eigenvalue weighted by Crippen LogP contribution is -2.31. The van der Waals surface area contributed by atoms with Gasteiger partial charge in [-0.3, -0.25) is 20.0 Å². The van der Waals surface area contributed by atoms with Gasteiger partial charge >= 0.3 is 5.84 Å². The number of hydrogen-bond donors (Lipinski definition) is 2. The molecule has 0 bridgehead atoms. The molecule has 8 heteroatoms. The summed E-state index contributed by atoms with van der Waals surface area (Å²) < 4.78 is 20.7. The number of carbonyl (C=O) groups excluding carboxylic acids is 1. The summed E-state index contributed by atoms with van der Waals surface area (Å²) in [7, 11) is 0. The van der Waals surface area contributed by atoms with Crippen LogP contribution < -0.4 is 10.9 Å². The molecule has 3 aromatic rings. The maximum absolute atomic E-state index is 13.4. The highest BCUT2D eigenvalue weighted by Crippen LogP contribution is 2.38. The third kappa shape index (κ3) is 3.30. The summed E-state index contributed by atoms with van der Waals surface area (Å²) in [6.07, 6.45) is 11.4. The first kappa shape index (κ1) is 17.7. The van der Waals surface area contributed by atoms with Crippen LogP contribution in [0.15, 0.2) is 59.3 Å². The normalized spacial score (nSPS) is 23.1. The van der Waals surface area contributed by atoms with Gasteiger partial charge in [0.15, 0.2) is 0 Å². The molecule has 2 aliphatic rings. The number of anilines is 1. The highest BCUT2D eigenvalue weighted by molar-refractivity contribution is 5.82. The van der Waals surface area contributed by atoms with E-state index in [9.17, 15) is 9.18 Å². The minimum atomic E-state index is -0.231. The molecule has 0 radical (unpaired) electrons. The predicted octanol–water partition coefficient (Wildman–Crippen LogP) is 3.99. The molecule has 3 aromatic heterocycles. The first-order valence-electron chi connectivity index (χ1n) is 9.62. The Morgan fingerprint density at radius 3 is 2.93 bits per heavy atom. The van der Waals surface area contributed by atoms with Crippen molar-refractivity contribution in [2.45, 2.75) is 25.7 Å². The van der Waals surface area contributed by atoms with Crippen molar-refractivity contribution in [2.75, 3.05) is 5.43 Å². The van der Waals surface area contributed by atoms with E-state index in [1.165, 1.54) is 6.08 Å². The molecule has 0 saturated heterocycles. The van der Waals surface area contributed by atoms with E-state index in [-0.39, 0.29) is 23.6 Å². The van der Waals surface area contributed by atoms with E-state index in [1.54, 1.807) is 30.8 Å². The summed E-state index contributed by atoms with van der Waals surface area (Å²) >= 11 is 0. The van der Waals surface area contributed by atoms with E-state index in [0.717, 1.165) is 23.4 Å². The fraction of sp³-hybridized carbons (Fsp3) is 0.286. The quantitative estimate of drug-likeness (QED) is 0.641. The summed E-state index contributed by atoms with van der Waals surface area (Å²) in [5, 5.41) is 0. The van der Waals surface area contributed by atoms with Crippen LogP contribution in [0.3, 0.4) is 0 Å². The first-order chi connectivity index (χ1) is 14.1. The van der Waals surface area contributed by atoms with Gasteiger partial charge in [0.1, 0.15) is 17.9 Å². The highest BCUT2D eigenvalue weighted by atomic mass is 19.1. The first-order valence-corrected chi connectivity index (χ1v) is 9.62. The fourth-order valence-corrected chi connectivity index (χ4v) is 3.66. The van der Waals surface area contributed by atoms with Crippen LogP contribution in [-0.2, 0) is 4.79 Å². The molecular weight excluding hydrogens is 373 g/mol. The maximum Gasteiger partial charge on any atom is 0.306 e. The molecule has 1 fully saturated rings. The van der Waals surface area contributed by atoms with Gasteiger partial charge < -0.3 is 4.42 Å². The van der Waals surface area contributed by atoms with Gasteiger partial charge in [-0.05, 0) is 43.0 Å². The van der Waals surface area contributed by atoms with Crippen LogP contribution in [-0.4, -0.2) is 20.3 Å². The minimum absolute atomic E-state index is 0.00840. The molecular formula is C21H20FN5O2. The van der Waals surface area contributed by atoms with Crippen molar-refractivity contribution in [3.8, 4) is 11.3 Å². The number of halogens is 1. The molecule has 3 atom stereocenters. The van der Waals surface area contributed by atoms with E-state index in [0.29, 0.717) is 24.0 Å². The molecule has 1 amide bonds. The second-order valence-corrected chi connectivity index (χ2v) is 7.56. The number of fused-ring (bicyclic) bond motifs is 1. The Labute approximate surface area is 166 Å². The summed E-state index contributed by atoms with van der Waals surface area (Å²) in [5.41, 5.74) is 8.08. The number of nitrogens with one attached hydrogen (secondary N) is 2. The van der Waals surface area contributed by atoms with Crippen LogP contribution in [0.1, 0.15) is 31.4 Å². The smallest absolute Gasteiger partial charge is 0.306 e. The molecule has 2 N–H and O–H groups in total.